The van der Waals surface area contributed by atoms with Crippen LogP contribution in [0, 0.1) is 6.92 Å². The van der Waals surface area contributed by atoms with Crippen molar-refractivity contribution in [2.24, 2.45) is 0 Å². The van der Waals surface area contributed by atoms with Gasteiger partial charge >= 0.3 is 0 Å². The Labute approximate surface area is 89.0 Å². The molecule has 1 aromatic heterocycles. The summed E-state index contributed by atoms with van der Waals surface area (Å²) < 4.78 is 1.56. The van der Waals surface area contributed by atoms with Gasteiger partial charge in [0.15, 0.2) is 0 Å². The number of nitrogens with zero attached hydrogens (tertiary/aromatic N) is 2. The molecule has 2 rings (SSSR count). The van der Waals surface area contributed by atoms with Crippen molar-refractivity contribution in [1.29, 1.82) is 0 Å². The molecule has 0 aliphatic carbocycles. The Morgan fingerprint density at radius 2 is 2.13 bits per heavy atom. The molecule has 1 aromatic carbocycles. The van der Waals surface area contributed by atoms with Crippen molar-refractivity contribution >= 4 is 0 Å². The Balaban J connectivity index is 2.48. The largest absolute Gasteiger partial charge is 0.493 e. The van der Waals surface area contributed by atoms with E-state index >= 15 is 0 Å². The summed E-state index contributed by atoms with van der Waals surface area (Å²) in [7, 11) is 0. The van der Waals surface area contributed by atoms with Crippen molar-refractivity contribution in [2.45, 2.75) is 20.3 Å². The fourth-order valence-electron chi connectivity index (χ4n) is 1.54. The number of rotatable bonds is 2. The van der Waals surface area contributed by atoms with Crippen LogP contribution in [0.3, 0.4) is 0 Å². The van der Waals surface area contributed by atoms with Crippen LogP contribution in [0.5, 0.6) is 5.88 Å². The Bertz CT molecular complexity index is 474. The summed E-state index contributed by atoms with van der Waals surface area (Å²) in [4.78, 5) is 0. The average Bonchev–Trinajstić information content (AvgIpc) is 2.60. The number of aromatic hydroxyl groups is 1. The molecule has 0 amide bonds. The van der Waals surface area contributed by atoms with Gasteiger partial charge in [-0.15, -0.1) is 0 Å². The SMILES string of the molecule is CCc1cc(O)n(-c2cccc(C)c2)n1. The lowest BCUT2D eigenvalue weighted by molar-refractivity contribution is 0.433. The van der Waals surface area contributed by atoms with Crippen molar-refractivity contribution in [2.75, 3.05) is 0 Å². The molecule has 15 heavy (non-hydrogen) atoms. The first-order valence-corrected chi connectivity index (χ1v) is 5.05. The number of aryl methyl sites for hydroxylation is 2. The van der Waals surface area contributed by atoms with Gasteiger partial charge in [0.25, 0.3) is 0 Å². The second kappa shape index (κ2) is 3.77. The smallest absolute Gasteiger partial charge is 0.214 e. The molecule has 2 aromatic rings. The minimum atomic E-state index is 0.192. The van der Waals surface area contributed by atoms with E-state index in [1.807, 2.05) is 38.1 Å². The normalized spacial score (nSPS) is 10.5. The van der Waals surface area contributed by atoms with Crippen LogP contribution >= 0.6 is 0 Å². The number of aromatic nitrogens is 2. The van der Waals surface area contributed by atoms with Crippen LogP contribution in [0.15, 0.2) is 30.3 Å². The summed E-state index contributed by atoms with van der Waals surface area (Å²) in [6.45, 7) is 4.03. The van der Waals surface area contributed by atoms with Gasteiger partial charge < -0.3 is 5.11 Å². The van der Waals surface area contributed by atoms with E-state index in [1.165, 1.54) is 0 Å². The molecule has 0 spiro atoms. The Morgan fingerprint density at radius 1 is 1.33 bits per heavy atom. The number of benzene rings is 1. The van der Waals surface area contributed by atoms with E-state index in [0.29, 0.717) is 0 Å². The Morgan fingerprint density at radius 3 is 2.73 bits per heavy atom. The monoisotopic (exact) mass is 202 g/mol. The molecule has 0 unspecified atom stereocenters. The van der Waals surface area contributed by atoms with E-state index in [2.05, 4.69) is 5.10 Å². The maximum atomic E-state index is 9.71. The zero-order valence-electron chi connectivity index (χ0n) is 8.94. The summed E-state index contributed by atoms with van der Waals surface area (Å²) >= 11 is 0. The summed E-state index contributed by atoms with van der Waals surface area (Å²) in [6.07, 6.45) is 0.826. The molecule has 1 N–H and O–H groups in total. The van der Waals surface area contributed by atoms with Crippen LogP contribution < -0.4 is 0 Å². The topological polar surface area (TPSA) is 38.0 Å². The first kappa shape index (κ1) is 9.77. The van der Waals surface area contributed by atoms with Gasteiger partial charge in [0.2, 0.25) is 5.88 Å². The minimum Gasteiger partial charge on any atom is -0.493 e. The van der Waals surface area contributed by atoms with E-state index in [9.17, 15) is 5.11 Å². The third-order valence-electron chi connectivity index (χ3n) is 2.35. The maximum absolute atomic E-state index is 9.71. The lowest BCUT2D eigenvalue weighted by Crippen LogP contribution is -1.96. The predicted octanol–water partition coefficient (Wildman–Crippen LogP) is 2.45. The van der Waals surface area contributed by atoms with Crippen LogP contribution in [-0.2, 0) is 6.42 Å². The molecule has 0 aliphatic rings. The van der Waals surface area contributed by atoms with Gasteiger partial charge in [-0.05, 0) is 31.0 Å². The maximum Gasteiger partial charge on any atom is 0.214 e. The second-order valence-corrected chi connectivity index (χ2v) is 3.60. The average molecular weight is 202 g/mol. The van der Waals surface area contributed by atoms with Gasteiger partial charge in [-0.25, -0.2) is 4.68 Å². The van der Waals surface area contributed by atoms with Crippen LogP contribution in [-0.4, -0.2) is 14.9 Å². The highest BCUT2D eigenvalue weighted by Gasteiger charge is 2.06. The first-order chi connectivity index (χ1) is 7.20. The highest BCUT2D eigenvalue weighted by Crippen LogP contribution is 2.18. The van der Waals surface area contributed by atoms with Crippen molar-refractivity contribution in [1.82, 2.24) is 9.78 Å². The lowest BCUT2D eigenvalue weighted by atomic mass is 10.2. The summed E-state index contributed by atoms with van der Waals surface area (Å²) in [6, 6.07) is 9.59. The van der Waals surface area contributed by atoms with Gasteiger partial charge in [-0.3, -0.25) is 0 Å². The molecule has 1 heterocycles. The Hall–Kier alpha value is -1.77. The van der Waals surface area contributed by atoms with Crippen molar-refractivity contribution in [3.63, 3.8) is 0 Å². The predicted molar refractivity (Wildman–Crippen MR) is 59.3 cm³/mol. The molecule has 0 aliphatic heterocycles. The third kappa shape index (κ3) is 1.86. The van der Waals surface area contributed by atoms with Crippen molar-refractivity contribution < 1.29 is 5.11 Å². The van der Waals surface area contributed by atoms with Crippen LogP contribution in [0.2, 0.25) is 0 Å². The number of hydrogen-bond donors (Lipinski definition) is 1. The van der Waals surface area contributed by atoms with Gasteiger partial charge in [0.05, 0.1) is 11.4 Å². The quantitative estimate of drug-likeness (QED) is 0.812. The van der Waals surface area contributed by atoms with Gasteiger partial charge in [0, 0.05) is 6.07 Å². The van der Waals surface area contributed by atoms with E-state index in [-0.39, 0.29) is 5.88 Å². The minimum absolute atomic E-state index is 0.192. The van der Waals surface area contributed by atoms with Gasteiger partial charge in [0.1, 0.15) is 0 Å². The fraction of sp³-hybridized carbons (Fsp3) is 0.250. The highest BCUT2D eigenvalue weighted by atomic mass is 16.3. The van der Waals surface area contributed by atoms with E-state index in [0.717, 1.165) is 23.4 Å². The zero-order chi connectivity index (χ0) is 10.8. The standard InChI is InChI=1S/C12H14N2O/c1-3-10-8-12(15)14(13-10)11-6-4-5-9(2)7-11/h4-8,15H,3H2,1-2H3. The molecule has 0 fully saturated rings. The lowest BCUT2D eigenvalue weighted by Gasteiger charge is -2.03. The molecular formula is C12H14N2O. The summed E-state index contributed by atoms with van der Waals surface area (Å²) in [5, 5.41) is 14.0. The highest BCUT2D eigenvalue weighted by molar-refractivity contribution is 5.38. The number of hydrogen-bond acceptors (Lipinski definition) is 2. The van der Waals surface area contributed by atoms with Gasteiger partial charge in [-0.1, -0.05) is 19.1 Å². The molecule has 0 radical (unpaired) electrons. The van der Waals surface area contributed by atoms with Crippen LogP contribution in [0.25, 0.3) is 5.69 Å². The van der Waals surface area contributed by atoms with Gasteiger partial charge in [-0.2, -0.15) is 5.10 Å². The summed E-state index contributed by atoms with van der Waals surface area (Å²) in [5.74, 6) is 0.192. The first-order valence-electron chi connectivity index (χ1n) is 5.05. The molecular weight excluding hydrogens is 188 g/mol. The molecule has 0 bridgehead atoms. The molecule has 3 nitrogen and oxygen atoms in total. The molecule has 78 valence electrons. The molecule has 0 saturated heterocycles. The van der Waals surface area contributed by atoms with E-state index in [1.54, 1.807) is 10.7 Å². The summed E-state index contributed by atoms with van der Waals surface area (Å²) in [5.41, 5.74) is 2.95. The zero-order valence-corrected chi connectivity index (χ0v) is 8.94. The third-order valence-corrected chi connectivity index (χ3v) is 2.35. The molecule has 3 heteroatoms. The van der Waals surface area contributed by atoms with Crippen molar-refractivity contribution in [3.8, 4) is 11.6 Å². The second-order valence-electron chi connectivity index (χ2n) is 3.60. The van der Waals surface area contributed by atoms with E-state index in [4.69, 9.17) is 0 Å². The Kier molecular flexibility index (Phi) is 2.46. The molecule has 0 saturated carbocycles. The van der Waals surface area contributed by atoms with Crippen LogP contribution in [0.1, 0.15) is 18.2 Å². The fourth-order valence-corrected chi connectivity index (χ4v) is 1.54. The molecule has 0 atom stereocenters. The van der Waals surface area contributed by atoms with E-state index < -0.39 is 0 Å². The van der Waals surface area contributed by atoms with Crippen LogP contribution in [0.4, 0.5) is 0 Å². The van der Waals surface area contributed by atoms with Crippen molar-refractivity contribution in [3.05, 3.63) is 41.6 Å².